The van der Waals surface area contributed by atoms with Gasteiger partial charge < -0.3 is 9.64 Å². The predicted molar refractivity (Wildman–Crippen MR) is 53.6 cm³/mol. The van der Waals surface area contributed by atoms with Crippen LogP contribution in [-0.4, -0.2) is 29.7 Å². The van der Waals surface area contributed by atoms with Crippen molar-refractivity contribution < 1.29 is 9.53 Å². The van der Waals surface area contributed by atoms with Crippen LogP contribution in [0.15, 0.2) is 0 Å². The second-order valence-corrected chi connectivity index (χ2v) is 5.60. The molecule has 0 aliphatic carbocycles. The largest absolute Gasteiger partial charge is 0.356 e. The summed E-state index contributed by atoms with van der Waals surface area (Å²) >= 11 is 0. The van der Waals surface area contributed by atoms with Crippen molar-refractivity contribution in [3.8, 4) is 0 Å². The summed E-state index contributed by atoms with van der Waals surface area (Å²) in [6.45, 7) is 9.22. The number of rotatable bonds is 0. The molecule has 2 aliphatic rings. The lowest BCUT2D eigenvalue weighted by atomic mass is 9.93. The molecule has 0 radical (unpaired) electrons. The maximum Gasteiger partial charge on any atom is 0.225 e. The van der Waals surface area contributed by atoms with Crippen molar-refractivity contribution in [2.45, 2.75) is 46.4 Å². The van der Waals surface area contributed by atoms with Crippen LogP contribution in [0.25, 0.3) is 0 Å². The summed E-state index contributed by atoms with van der Waals surface area (Å²) in [7, 11) is 0. The van der Waals surface area contributed by atoms with Gasteiger partial charge in [-0.1, -0.05) is 27.7 Å². The Morgan fingerprint density at radius 3 is 2.64 bits per heavy atom. The van der Waals surface area contributed by atoms with Crippen molar-refractivity contribution in [1.29, 1.82) is 0 Å². The average Bonchev–Trinajstić information content (AvgIpc) is 2.53. The zero-order valence-corrected chi connectivity index (χ0v) is 9.41. The maximum absolute atomic E-state index is 11.8. The zero-order valence-electron chi connectivity index (χ0n) is 9.41. The van der Waals surface area contributed by atoms with Gasteiger partial charge in [-0.05, 0) is 5.92 Å². The second-order valence-electron chi connectivity index (χ2n) is 5.60. The molecule has 2 fully saturated rings. The van der Waals surface area contributed by atoms with E-state index in [1.54, 1.807) is 0 Å². The predicted octanol–water partition coefficient (Wildman–Crippen LogP) is 1.63. The zero-order chi connectivity index (χ0) is 10.5. The van der Waals surface area contributed by atoms with E-state index in [4.69, 9.17) is 4.74 Å². The number of carbonyl (C=O) groups excluding carboxylic acids is 1. The third kappa shape index (κ3) is 1.34. The highest BCUT2D eigenvalue weighted by molar-refractivity contribution is 5.79. The van der Waals surface area contributed by atoms with Crippen LogP contribution in [0.3, 0.4) is 0 Å². The smallest absolute Gasteiger partial charge is 0.225 e. The summed E-state index contributed by atoms with van der Waals surface area (Å²) in [4.78, 5) is 13.7. The Morgan fingerprint density at radius 1 is 1.43 bits per heavy atom. The van der Waals surface area contributed by atoms with Crippen LogP contribution in [-0.2, 0) is 9.53 Å². The van der Waals surface area contributed by atoms with Crippen molar-refractivity contribution >= 4 is 5.91 Å². The Morgan fingerprint density at radius 2 is 2.07 bits per heavy atom. The topological polar surface area (TPSA) is 29.5 Å². The molecule has 2 saturated heterocycles. The van der Waals surface area contributed by atoms with Crippen LogP contribution in [0, 0.1) is 11.3 Å². The third-order valence-electron chi connectivity index (χ3n) is 3.22. The standard InChI is InChI=1S/C11H19NO2/c1-7-5-9(13)12-8(7)6-14-10(12)11(2,3)4/h7-8,10H,5-6H2,1-4H3/t7-,8+,10+/m0/s1. The number of hydrogen-bond donors (Lipinski definition) is 0. The lowest BCUT2D eigenvalue weighted by Gasteiger charge is -2.33. The normalized spacial score (nSPS) is 37.9. The van der Waals surface area contributed by atoms with Gasteiger partial charge in [0.2, 0.25) is 5.91 Å². The van der Waals surface area contributed by atoms with E-state index in [0.717, 1.165) is 6.61 Å². The Bertz CT molecular complexity index is 257. The van der Waals surface area contributed by atoms with E-state index in [0.29, 0.717) is 18.4 Å². The number of hydrogen-bond acceptors (Lipinski definition) is 2. The summed E-state index contributed by atoms with van der Waals surface area (Å²) in [5, 5.41) is 0. The summed E-state index contributed by atoms with van der Waals surface area (Å²) in [5.74, 6) is 0.717. The van der Waals surface area contributed by atoms with Crippen molar-refractivity contribution in [2.75, 3.05) is 6.61 Å². The Balaban J connectivity index is 2.22. The molecule has 14 heavy (non-hydrogen) atoms. The molecule has 1 amide bonds. The SMILES string of the molecule is C[C@H]1CC(=O)N2[C@@H]1CO[C@@H]2C(C)(C)C. The first-order valence-electron chi connectivity index (χ1n) is 5.34. The van der Waals surface area contributed by atoms with E-state index in [9.17, 15) is 4.79 Å². The molecule has 0 spiro atoms. The van der Waals surface area contributed by atoms with E-state index >= 15 is 0 Å². The van der Waals surface area contributed by atoms with E-state index in [2.05, 4.69) is 27.7 Å². The number of fused-ring (bicyclic) bond motifs is 1. The molecular weight excluding hydrogens is 178 g/mol. The third-order valence-corrected chi connectivity index (χ3v) is 3.22. The van der Waals surface area contributed by atoms with E-state index in [1.807, 2.05) is 4.90 Å². The van der Waals surface area contributed by atoms with E-state index in [1.165, 1.54) is 0 Å². The van der Waals surface area contributed by atoms with Gasteiger partial charge >= 0.3 is 0 Å². The summed E-state index contributed by atoms with van der Waals surface area (Å²) in [6, 6.07) is 0.326. The molecule has 0 aromatic rings. The fraction of sp³-hybridized carbons (Fsp3) is 0.909. The number of carbonyl (C=O) groups is 1. The first kappa shape index (κ1) is 9.97. The van der Waals surface area contributed by atoms with Crippen molar-refractivity contribution in [3.63, 3.8) is 0 Å². The van der Waals surface area contributed by atoms with Crippen LogP contribution >= 0.6 is 0 Å². The highest BCUT2D eigenvalue weighted by Gasteiger charge is 2.49. The van der Waals surface area contributed by atoms with Crippen LogP contribution in [0.5, 0.6) is 0 Å². The van der Waals surface area contributed by atoms with Crippen molar-refractivity contribution in [1.82, 2.24) is 4.90 Å². The molecule has 2 heterocycles. The molecule has 3 atom stereocenters. The van der Waals surface area contributed by atoms with Crippen molar-refractivity contribution in [2.24, 2.45) is 11.3 Å². The molecule has 80 valence electrons. The van der Waals surface area contributed by atoms with Crippen LogP contribution in [0.2, 0.25) is 0 Å². The molecule has 2 aliphatic heterocycles. The molecular formula is C11H19NO2. The fourth-order valence-corrected chi connectivity index (χ4v) is 2.46. The average molecular weight is 197 g/mol. The molecule has 0 saturated carbocycles. The lowest BCUT2D eigenvalue weighted by Crippen LogP contribution is -2.44. The highest BCUT2D eigenvalue weighted by Crippen LogP contribution is 2.39. The Hall–Kier alpha value is -0.570. The second kappa shape index (κ2) is 2.96. The monoisotopic (exact) mass is 197 g/mol. The minimum absolute atomic E-state index is 0.0223. The number of amides is 1. The molecule has 0 bridgehead atoms. The van der Waals surface area contributed by atoms with Gasteiger partial charge in [-0.15, -0.1) is 0 Å². The van der Waals surface area contributed by atoms with E-state index < -0.39 is 0 Å². The highest BCUT2D eigenvalue weighted by atomic mass is 16.5. The molecule has 0 unspecified atom stereocenters. The van der Waals surface area contributed by atoms with Gasteiger partial charge in [0.25, 0.3) is 0 Å². The van der Waals surface area contributed by atoms with Gasteiger partial charge in [-0.2, -0.15) is 0 Å². The van der Waals surface area contributed by atoms with Gasteiger partial charge in [0.1, 0.15) is 6.23 Å². The molecule has 3 heteroatoms. The van der Waals surface area contributed by atoms with Crippen LogP contribution < -0.4 is 0 Å². The van der Waals surface area contributed by atoms with E-state index in [-0.39, 0.29) is 17.6 Å². The van der Waals surface area contributed by atoms with Gasteiger partial charge in [-0.25, -0.2) is 0 Å². The maximum atomic E-state index is 11.8. The first-order chi connectivity index (χ1) is 6.41. The molecule has 0 N–H and O–H groups in total. The Labute approximate surface area is 85.4 Å². The first-order valence-corrected chi connectivity index (χ1v) is 5.34. The van der Waals surface area contributed by atoms with Gasteiger partial charge in [-0.3, -0.25) is 4.79 Å². The lowest BCUT2D eigenvalue weighted by molar-refractivity contribution is -0.139. The summed E-state index contributed by atoms with van der Waals surface area (Å²) in [6.07, 6.45) is 0.672. The summed E-state index contributed by atoms with van der Waals surface area (Å²) < 4.78 is 5.73. The molecule has 0 aromatic heterocycles. The van der Waals surface area contributed by atoms with Crippen LogP contribution in [0.1, 0.15) is 34.1 Å². The minimum atomic E-state index is -0.0232. The number of nitrogens with zero attached hydrogens (tertiary/aromatic N) is 1. The van der Waals surface area contributed by atoms with Gasteiger partial charge in [0.05, 0.1) is 12.6 Å². The van der Waals surface area contributed by atoms with Gasteiger partial charge in [0, 0.05) is 11.8 Å². The molecule has 3 nitrogen and oxygen atoms in total. The Kier molecular flexibility index (Phi) is 2.11. The van der Waals surface area contributed by atoms with Crippen LogP contribution in [0.4, 0.5) is 0 Å². The minimum Gasteiger partial charge on any atom is -0.356 e. The summed E-state index contributed by atoms with van der Waals surface area (Å²) in [5.41, 5.74) is 0.0223. The fourth-order valence-electron chi connectivity index (χ4n) is 2.46. The number of ether oxygens (including phenoxy) is 1. The molecule has 2 rings (SSSR count). The molecule has 0 aromatic carbocycles. The van der Waals surface area contributed by atoms with Gasteiger partial charge in [0.15, 0.2) is 0 Å². The quantitative estimate of drug-likeness (QED) is 0.590. The van der Waals surface area contributed by atoms with Crippen molar-refractivity contribution in [3.05, 3.63) is 0 Å².